The quantitative estimate of drug-likeness (QED) is 0.343. The predicted molar refractivity (Wildman–Crippen MR) is 122 cm³/mol. The summed E-state index contributed by atoms with van der Waals surface area (Å²) < 4.78 is 10.5. The summed E-state index contributed by atoms with van der Waals surface area (Å²) >= 11 is 6.26. The van der Waals surface area contributed by atoms with Crippen LogP contribution >= 0.6 is 11.6 Å². The van der Waals surface area contributed by atoms with Crippen molar-refractivity contribution in [3.05, 3.63) is 52.2 Å². The van der Waals surface area contributed by atoms with Gasteiger partial charge in [-0.05, 0) is 31.4 Å². The molecule has 3 N–H and O–H groups in total. The molecule has 2 aliphatic rings. The van der Waals surface area contributed by atoms with Crippen LogP contribution in [0.5, 0.6) is 11.5 Å². The van der Waals surface area contributed by atoms with E-state index in [4.69, 9.17) is 25.9 Å². The van der Waals surface area contributed by atoms with E-state index in [2.05, 4.69) is 5.48 Å². The van der Waals surface area contributed by atoms with E-state index in [1.807, 2.05) is 18.2 Å². The van der Waals surface area contributed by atoms with Gasteiger partial charge in [-0.1, -0.05) is 29.8 Å². The molecule has 9 nitrogen and oxygen atoms in total. The van der Waals surface area contributed by atoms with E-state index in [0.717, 1.165) is 18.9 Å². The number of carbonyl (C=O) groups excluding carboxylic acids is 2. The zero-order valence-corrected chi connectivity index (χ0v) is 18.8. The SMILES string of the molecule is O=C1OCCC=CCC/C=C/C(NOCC(=O)N2CCOCC2)=C/c2c(Cl)c(O)cc(O)c21. The summed E-state index contributed by atoms with van der Waals surface area (Å²) in [5.41, 5.74) is 2.92. The molecule has 2 aliphatic heterocycles. The number of fused-ring (bicyclic) bond motifs is 1. The average Bonchev–Trinajstić information content (AvgIpc) is 2.80. The molecule has 178 valence electrons. The number of allylic oxidation sites excluding steroid dienone is 3. The predicted octanol–water partition coefficient (Wildman–Crippen LogP) is 2.93. The number of benzene rings is 1. The van der Waals surface area contributed by atoms with Gasteiger partial charge in [0.25, 0.3) is 5.91 Å². The fourth-order valence-corrected chi connectivity index (χ4v) is 3.49. The third-order valence-corrected chi connectivity index (χ3v) is 5.39. The Hall–Kier alpha value is -3.01. The van der Waals surface area contributed by atoms with Crippen LogP contribution in [0.15, 0.2) is 36.1 Å². The van der Waals surface area contributed by atoms with Gasteiger partial charge in [-0.15, -0.1) is 0 Å². The lowest BCUT2D eigenvalue weighted by molar-refractivity contribution is -0.142. The molecular formula is C23H27ClN2O7. The summed E-state index contributed by atoms with van der Waals surface area (Å²) in [4.78, 5) is 32.0. The van der Waals surface area contributed by atoms with E-state index in [1.54, 1.807) is 11.0 Å². The maximum atomic E-state index is 12.6. The Kier molecular flexibility index (Phi) is 9.17. The minimum absolute atomic E-state index is 0.0574. The number of nitrogens with one attached hydrogen (secondary N) is 1. The number of morpholine rings is 1. The van der Waals surface area contributed by atoms with Crippen LogP contribution in [0.3, 0.4) is 0 Å². The number of amides is 1. The summed E-state index contributed by atoms with van der Waals surface area (Å²) in [5, 5.41) is 20.3. The lowest BCUT2D eigenvalue weighted by atomic mass is 10.0. The Morgan fingerprint density at radius 3 is 2.61 bits per heavy atom. The molecule has 10 heteroatoms. The number of nitrogens with zero attached hydrogens (tertiary/aromatic N) is 1. The Morgan fingerprint density at radius 1 is 1.09 bits per heavy atom. The normalized spacial score (nSPS) is 20.1. The van der Waals surface area contributed by atoms with Gasteiger partial charge in [0.05, 0.1) is 30.5 Å². The maximum absolute atomic E-state index is 12.6. The molecule has 0 aliphatic carbocycles. The number of esters is 1. The van der Waals surface area contributed by atoms with Crippen molar-refractivity contribution in [2.45, 2.75) is 19.3 Å². The molecule has 33 heavy (non-hydrogen) atoms. The first kappa shape index (κ1) is 24.6. The third-order valence-electron chi connectivity index (χ3n) is 5.00. The highest BCUT2D eigenvalue weighted by molar-refractivity contribution is 6.34. The zero-order valence-electron chi connectivity index (χ0n) is 18.1. The van der Waals surface area contributed by atoms with Crippen LogP contribution in [-0.2, 0) is 19.1 Å². The molecule has 0 atom stereocenters. The van der Waals surface area contributed by atoms with Gasteiger partial charge in [0.15, 0.2) is 6.61 Å². The third kappa shape index (κ3) is 6.98. The van der Waals surface area contributed by atoms with Gasteiger partial charge in [0, 0.05) is 24.7 Å². The molecule has 1 aromatic carbocycles. The molecule has 0 radical (unpaired) electrons. The number of ether oxygens (including phenoxy) is 2. The number of aromatic hydroxyl groups is 2. The van der Waals surface area contributed by atoms with Gasteiger partial charge in [0.1, 0.15) is 17.1 Å². The van der Waals surface area contributed by atoms with Gasteiger partial charge in [-0.25, -0.2) is 4.79 Å². The minimum Gasteiger partial charge on any atom is -0.507 e. The number of rotatable bonds is 4. The lowest BCUT2D eigenvalue weighted by Gasteiger charge is -2.26. The first-order valence-corrected chi connectivity index (χ1v) is 11.0. The fourth-order valence-electron chi connectivity index (χ4n) is 3.28. The van der Waals surface area contributed by atoms with Crippen molar-refractivity contribution in [1.82, 2.24) is 10.4 Å². The Balaban J connectivity index is 1.86. The van der Waals surface area contributed by atoms with Crippen molar-refractivity contribution in [2.75, 3.05) is 39.5 Å². The lowest BCUT2D eigenvalue weighted by Crippen LogP contribution is -2.43. The molecule has 0 saturated carbocycles. The number of phenols is 2. The van der Waals surface area contributed by atoms with Gasteiger partial charge in [-0.3, -0.25) is 15.1 Å². The summed E-state index contributed by atoms with van der Waals surface area (Å²) in [6.45, 7) is 1.88. The van der Waals surface area contributed by atoms with Crippen molar-refractivity contribution >= 4 is 29.6 Å². The zero-order chi connectivity index (χ0) is 23.6. The molecule has 1 fully saturated rings. The highest BCUT2D eigenvalue weighted by atomic mass is 35.5. The number of phenolic OH excluding ortho intramolecular Hbond substituents is 2. The van der Waals surface area contributed by atoms with Gasteiger partial charge >= 0.3 is 5.97 Å². The van der Waals surface area contributed by atoms with E-state index in [-0.39, 0.29) is 35.3 Å². The highest BCUT2D eigenvalue weighted by Gasteiger charge is 2.23. The Labute approximate surface area is 196 Å². The van der Waals surface area contributed by atoms with Crippen LogP contribution in [0.4, 0.5) is 0 Å². The van der Waals surface area contributed by atoms with E-state index >= 15 is 0 Å². The van der Waals surface area contributed by atoms with Crippen molar-refractivity contribution in [1.29, 1.82) is 0 Å². The fraction of sp³-hybridized carbons (Fsp3) is 0.391. The topological polar surface area (TPSA) is 118 Å². The molecular weight excluding hydrogens is 452 g/mol. The average molecular weight is 479 g/mol. The second kappa shape index (κ2) is 12.3. The molecule has 0 aromatic heterocycles. The highest BCUT2D eigenvalue weighted by Crippen LogP contribution is 2.38. The van der Waals surface area contributed by atoms with Gasteiger partial charge < -0.3 is 24.6 Å². The first-order valence-electron chi connectivity index (χ1n) is 10.7. The monoisotopic (exact) mass is 478 g/mol. The van der Waals surface area contributed by atoms with Crippen LogP contribution in [0.2, 0.25) is 5.02 Å². The molecule has 0 bridgehead atoms. The van der Waals surface area contributed by atoms with Crippen LogP contribution in [0.1, 0.15) is 35.2 Å². The Bertz CT molecular complexity index is 953. The minimum atomic E-state index is -0.780. The summed E-state index contributed by atoms with van der Waals surface area (Å²) in [6, 6.07) is 0.986. The van der Waals surface area contributed by atoms with Crippen molar-refractivity contribution in [3.63, 3.8) is 0 Å². The molecule has 1 aromatic rings. The van der Waals surface area contributed by atoms with Gasteiger partial charge in [0.2, 0.25) is 0 Å². The second-order valence-corrected chi connectivity index (χ2v) is 7.75. The number of carbonyl (C=O) groups is 2. The van der Waals surface area contributed by atoms with Crippen LogP contribution in [0.25, 0.3) is 6.08 Å². The maximum Gasteiger partial charge on any atom is 0.342 e. The molecule has 0 unspecified atom stereocenters. The molecule has 1 saturated heterocycles. The molecule has 2 heterocycles. The molecule has 3 rings (SSSR count). The van der Waals surface area contributed by atoms with E-state index in [9.17, 15) is 19.8 Å². The van der Waals surface area contributed by atoms with E-state index in [1.165, 1.54) is 6.08 Å². The standard InChI is InChI=1S/C23H27ClN2O7/c24-22-17-13-16(25-33-15-20(29)26-8-11-31-12-9-26)7-5-3-1-2-4-6-10-32-23(30)21(17)18(27)14-19(22)28/h2,4-5,7,13-14,25,27-28H,1,3,6,8-12,15H2/b4-2?,7-5+,16-13-. The summed E-state index contributed by atoms with van der Waals surface area (Å²) in [5.74, 6) is -1.84. The van der Waals surface area contributed by atoms with E-state index < -0.39 is 17.5 Å². The molecule has 0 spiro atoms. The number of cyclic esters (lactones) is 1. The van der Waals surface area contributed by atoms with Crippen molar-refractivity contribution in [2.24, 2.45) is 0 Å². The Morgan fingerprint density at radius 2 is 1.82 bits per heavy atom. The van der Waals surface area contributed by atoms with Crippen LogP contribution in [-0.4, -0.2) is 66.5 Å². The largest absolute Gasteiger partial charge is 0.507 e. The number of halogens is 1. The summed E-state index contributed by atoms with van der Waals surface area (Å²) in [7, 11) is 0. The molecule has 1 amide bonds. The first-order chi connectivity index (χ1) is 16.0. The van der Waals surface area contributed by atoms with E-state index in [0.29, 0.717) is 38.4 Å². The van der Waals surface area contributed by atoms with Crippen molar-refractivity contribution < 1.29 is 34.1 Å². The number of hydrogen-bond donors (Lipinski definition) is 3. The van der Waals surface area contributed by atoms with Crippen LogP contribution < -0.4 is 5.48 Å². The smallest absolute Gasteiger partial charge is 0.342 e. The van der Waals surface area contributed by atoms with Crippen molar-refractivity contribution in [3.8, 4) is 11.5 Å². The number of hydroxylamine groups is 1. The summed E-state index contributed by atoms with van der Waals surface area (Å²) in [6.07, 6.45) is 11.0. The second-order valence-electron chi connectivity index (χ2n) is 7.38. The number of hydrogen-bond acceptors (Lipinski definition) is 8. The van der Waals surface area contributed by atoms with Crippen LogP contribution in [0, 0.1) is 0 Å². The van der Waals surface area contributed by atoms with Gasteiger partial charge in [-0.2, -0.15) is 0 Å².